The van der Waals surface area contributed by atoms with Crippen molar-refractivity contribution in [3.05, 3.63) is 70.6 Å². The number of anilines is 1. The molecule has 156 valence electrons. The molecule has 30 heavy (non-hydrogen) atoms. The first kappa shape index (κ1) is 21.2. The standard InChI is InChI=1S/C23H25N3O4/c1-15(2)25(17-10-6-5-7-11-17)20(27)14-30-23(29)21-18-12-8-9-13-19(18)22(28)26(24-21)16(3)4/h5-13,15-16H,14H2,1-4H3. The Morgan fingerprint density at radius 3 is 2.17 bits per heavy atom. The summed E-state index contributed by atoms with van der Waals surface area (Å²) in [6, 6.07) is 15.6. The Bertz CT molecular complexity index is 1120. The summed E-state index contributed by atoms with van der Waals surface area (Å²) in [5, 5.41) is 5.01. The van der Waals surface area contributed by atoms with Gasteiger partial charge in [-0.2, -0.15) is 5.10 Å². The number of fused-ring (bicyclic) bond motifs is 1. The van der Waals surface area contributed by atoms with Gasteiger partial charge >= 0.3 is 5.97 Å². The molecular weight excluding hydrogens is 382 g/mol. The van der Waals surface area contributed by atoms with Gasteiger partial charge in [-0.15, -0.1) is 0 Å². The monoisotopic (exact) mass is 407 g/mol. The van der Waals surface area contributed by atoms with E-state index in [1.165, 1.54) is 4.68 Å². The molecule has 7 nitrogen and oxygen atoms in total. The molecule has 0 saturated heterocycles. The molecule has 0 radical (unpaired) electrons. The van der Waals surface area contributed by atoms with Gasteiger partial charge in [-0.1, -0.05) is 36.4 Å². The molecule has 0 saturated carbocycles. The van der Waals surface area contributed by atoms with E-state index in [9.17, 15) is 14.4 Å². The van der Waals surface area contributed by atoms with Crippen LogP contribution in [0, 0.1) is 0 Å². The highest BCUT2D eigenvalue weighted by Gasteiger charge is 2.23. The molecule has 0 bridgehead atoms. The van der Waals surface area contributed by atoms with E-state index in [4.69, 9.17) is 4.74 Å². The van der Waals surface area contributed by atoms with Crippen LogP contribution in [0.3, 0.4) is 0 Å². The molecule has 0 atom stereocenters. The van der Waals surface area contributed by atoms with Gasteiger partial charge in [-0.25, -0.2) is 9.48 Å². The van der Waals surface area contributed by atoms with Crippen LogP contribution in [-0.4, -0.2) is 34.3 Å². The predicted molar refractivity (Wildman–Crippen MR) is 116 cm³/mol. The summed E-state index contributed by atoms with van der Waals surface area (Å²) in [6.45, 7) is 6.97. The van der Waals surface area contributed by atoms with Gasteiger partial charge in [0.15, 0.2) is 12.3 Å². The first-order valence-corrected chi connectivity index (χ1v) is 9.87. The van der Waals surface area contributed by atoms with E-state index in [0.29, 0.717) is 10.8 Å². The van der Waals surface area contributed by atoms with E-state index in [2.05, 4.69) is 5.10 Å². The van der Waals surface area contributed by atoms with Crippen LogP contribution >= 0.6 is 0 Å². The number of carbonyl (C=O) groups excluding carboxylic acids is 2. The number of amides is 1. The predicted octanol–water partition coefficient (Wildman–Crippen LogP) is 3.58. The van der Waals surface area contributed by atoms with E-state index in [1.54, 1.807) is 29.2 Å². The molecule has 3 aromatic rings. The minimum Gasteiger partial charge on any atom is -0.451 e. The van der Waals surface area contributed by atoms with Gasteiger partial charge in [0.25, 0.3) is 11.5 Å². The number of esters is 1. The van der Waals surface area contributed by atoms with Gasteiger partial charge in [-0.05, 0) is 45.9 Å². The van der Waals surface area contributed by atoms with Crippen molar-refractivity contribution in [3.63, 3.8) is 0 Å². The summed E-state index contributed by atoms with van der Waals surface area (Å²) in [5.74, 6) is -1.09. The van der Waals surface area contributed by atoms with Crippen LogP contribution in [0.15, 0.2) is 59.4 Å². The van der Waals surface area contributed by atoms with Crippen molar-refractivity contribution in [2.24, 2.45) is 0 Å². The van der Waals surface area contributed by atoms with Crippen LogP contribution in [-0.2, 0) is 9.53 Å². The lowest BCUT2D eigenvalue weighted by atomic mass is 10.1. The average molecular weight is 407 g/mol. The molecule has 0 fully saturated rings. The highest BCUT2D eigenvalue weighted by molar-refractivity contribution is 6.03. The normalized spacial score (nSPS) is 11.1. The molecule has 0 spiro atoms. The summed E-state index contributed by atoms with van der Waals surface area (Å²) >= 11 is 0. The Balaban J connectivity index is 1.88. The van der Waals surface area contributed by atoms with E-state index in [-0.39, 0.29) is 29.2 Å². The highest BCUT2D eigenvalue weighted by Crippen LogP contribution is 2.18. The number of ether oxygens (including phenoxy) is 1. The fraction of sp³-hybridized carbons (Fsp3) is 0.304. The maximum atomic E-state index is 12.8. The van der Waals surface area contributed by atoms with Crippen molar-refractivity contribution in [1.82, 2.24) is 9.78 Å². The second kappa shape index (κ2) is 8.90. The fourth-order valence-corrected chi connectivity index (χ4v) is 3.29. The van der Waals surface area contributed by atoms with Crippen molar-refractivity contribution in [1.29, 1.82) is 0 Å². The number of para-hydroxylation sites is 1. The van der Waals surface area contributed by atoms with Crippen molar-refractivity contribution >= 4 is 28.3 Å². The minimum atomic E-state index is -0.745. The zero-order valence-electron chi connectivity index (χ0n) is 17.5. The second-order valence-electron chi connectivity index (χ2n) is 7.51. The number of hydrogen-bond acceptors (Lipinski definition) is 5. The molecule has 0 aliphatic rings. The molecule has 0 aliphatic heterocycles. The molecule has 1 heterocycles. The van der Waals surface area contributed by atoms with Gasteiger partial charge in [0.05, 0.1) is 11.4 Å². The minimum absolute atomic E-state index is 0.0162. The molecule has 1 amide bonds. The molecule has 3 rings (SSSR count). The molecule has 2 aromatic carbocycles. The first-order valence-electron chi connectivity index (χ1n) is 9.87. The summed E-state index contributed by atoms with van der Waals surface area (Å²) < 4.78 is 6.57. The third-order valence-corrected chi connectivity index (χ3v) is 4.66. The summed E-state index contributed by atoms with van der Waals surface area (Å²) in [7, 11) is 0. The molecule has 1 aromatic heterocycles. The van der Waals surface area contributed by atoms with Crippen LogP contribution in [0.25, 0.3) is 10.8 Å². The fourth-order valence-electron chi connectivity index (χ4n) is 3.29. The number of hydrogen-bond donors (Lipinski definition) is 0. The molecular formula is C23H25N3O4. The van der Waals surface area contributed by atoms with Gasteiger partial charge < -0.3 is 9.64 Å². The lowest BCUT2D eigenvalue weighted by Crippen LogP contribution is -2.40. The Labute approximate surface area is 174 Å². The smallest absolute Gasteiger partial charge is 0.359 e. The van der Waals surface area contributed by atoms with E-state index < -0.39 is 12.6 Å². The SMILES string of the molecule is CC(C)N(C(=O)COC(=O)c1nn(C(C)C)c(=O)c2ccccc12)c1ccccc1. The van der Waals surface area contributed by atoms with Crippen LogP contribution in [0.1, 0.15) is 44.2 Å². The summed E-state index contributed by atoms with van der Waals surface area (Å²) in [4.78, 5) is 39.8. The van der Waals surface area contributed by atoms with Gasteiger partial charge in [-0.3, -0.25) is 9.59 Å². The van der Waals surface area contributed by atoms with Crippen LogP contribution in [0.2, 0.25) is 0 Å². The Morgan fingerprint density at radius 1 is 0.967 bits per heavy atom. The van der Waals surface area contributed by atoms with Crippen molar-refractivity contribution in [2.45, 2.75) is 39.8 Å². The lowest BCUT2D eigenvalue weighted by Gasteiger charge is -2.26. The third-order valence-electron chi connectivity index (χ3n) is 4.66. The second-order valence-corrected chi connectivity index (χ2v) is 7.51. The van der Waals surface area contributed by atoms with Crippen molar-refractivity contribution < 1.29 is 14.3 Å². The topological polar surface area (TPSA) is 81.5 Å². The van der Waals surface area contributed by atoms with Crippen LogP contribution in [0.4, 0.5) is 5.69 Å². The number of aromatic nitrogens is 2. The van der Waals surface area contributed by atoms with Crippen molar-refractivity contribution in [2.75, 3.05) is 11.5 Å². The number of nitrogens with zero attached hydrogens (tertiary/aromatic N) is 3. The lowest BCUT2D eigenvalue weighted by molar-refractivity contribution is -0.122. The summed E-state index contributed by atoms with van der Waals surface area (Å²) in [6.07, 6.45) is 0. The first-order chi connectivity index (χ1) is 14.3. The van der Waals surface area contributed by atoms with E-state index in [0.717, 1.165) is 5.69 Å². The maximum Gasteiger partial charge on any atom is 0.359 e. The largest absolute Gasteiger partial charge is 0.451 e. The number of rotatable bonds is 6. The van der Waals surface area contributed by atoms with Gasteiger partial charge in [0, 0.05) is 17.1 Å². The van der Waals surface area contributed by atoms with E-state index in [1.807, 2.05) is 58.0 Å². The van der Waals surface area contributed by atoms with Gasteiger partial charge in [0.2, 0.25) is 0 Å². The quantitative estimate of drug-likeness (QED) is 0.584. The third kappa shape index (κ3) is 4.25. The van der Waals surface area contributed by atoms with Crippen LogP contribution in [0.5, 0.6) is 0 Å². The summed E-state index contributed by atoms with van der Waals surface area (Å²) in [5.41, 5.74) is 0.469. The highest BCUT2D eigenvalue weighted by atomic mass is 16.5. The number of benzene rings is 2. The molecule has 0 aliphatic carbocycles. The number of carbonyl (C=O) groups is 2. The zero-order chi connectivity index (χ0) is 21.8. The maximum absolute atomic E-state index is 12.8. The van der Waals surface area contributed by atoms with E-state index >= 15 is 0 Å². The Hall–Kier alpha value is -3.48. The van der Waals surface area contributed by atoms with Crippen molar-refractivity contribution in [3.8, 4) is 0 Å². The zero-order valence-corrected chi connectivity index (χ0v) is 17.5. The van der Waals surface area contributed by atoms with Gasteiger partial charge in [0.1, 0.15) is 0 Å². The average Bonchev–Trinajstić information content (AvgIpc) is 2.73. The Kier molecular flexibility index (Phi) is 6.30. The molecule has 0 unspecified atom stereocenters. The Morgan fingerprint density at radius 2 is 1.57 bits per heavy atom. The molecule has 7 heteroatoms. The molecule has 0 N–H and O–H groups in total. The van der Waals surface area contributed by atoms with Crippen LogP contribution < -0.4 is 10.5 Å².